The summed E-state index contributed by atoms with van der Waals surface area (Å²) in [6, 6.07) is 0.230. The van der Waals surface area contributed by atoms with Crippen LogP contribution in [0, 0.1) is 13.8 Å². The summed E-state index contributed by atoms with van der Waals surface area (Å²) in [6.07, 6.45) is 6.56. The Balaban J connectivity index is 2.00. The van der Waals surface area contributed by atoms with Crippen LogP contribution in [0.2, 0.25) is 0 Å². The molecule has 6 heteroatoms. The summed E-state index contributed by atoms with van der Waals surface area (Å²) in [5.41, 5.74) is 6.50. The lowest BCUT2D eigenvalue weighted by Gasteiger charge is -2.16. The highest BCUT2D eigenvalue weighted by atomic mass is 15.3. The van der Waals surface area contributed by atoms with Gasteiger partial charge in [0.05, 0.1) is 5.69 Å². The molecule has 0 saturated heterocycles. The topological polar surface area (TPSA) is 73.7 Å². The third-order valence-corrected chi connectivity index (χ3v) is 3.98. The SMILES string of the molecule is Cc1nn(C)c(C)c1CC(CCc1nccn1C)NN. The Morgan fingerprint density at radius 3 is 2.60 bits per heavy atom. The molecule has 0 amide bonds. The molecule has 0 aliphatic heterocycles. The average molecular weight is 276 g/mol. The van der Waals surface area contributed by atoms with Gasteiger partial charge in [0.25, 0.3) is 0 Å². The molecule has 1 atom stereocenters. The van der Waals surface area contributed by atoms with E-state index in [4.69, 9.17) is 5.84 Å². The van der Waals surface area contributed by atoms with Crippen LogP contribution in [0.5, 0.6) is 0 Å². The van der Waals surface area contributed by atoms with Gasteiger partial charge in [0.1, 0.15) is 5.82 Å². The summed E-state index contributed by atoms with van der Waals surface area (Å²) < 4.78 is 3.98. The Hall–Kier alpha value is -1.66. The smallest absolute Gasteiger partial charge is 0.108 e. The van der Waals surface area contributed by atoms with Gasteiger partial charge in [-0.1, -0.05) is 0 Å². The highest BCUT2D eigenvalue weighted by Gasteiger charge is 2.15. The van der Waals surface area contributed by atoms with Gasteiger partial charge in [-0.15, -0.1) is 0 Å². The first-order valence-electron chi connectivity index (χ1n) is 6.94. The minimum absolute atomic E-state index is 0.230. The summed E-state index contributed by atoms with van der Waals surface area (Å²) in [4.78, 5) is 4.35. The van der Waals surface area contributed by atoms with Gasteiger partial charge in [-0.3, -0.25) is 16.0 Å². The van der Waals surface area contributed by atoms with Crippen LogP contribution in [0.1, 0.15) is 29.2 Å². The van der Waals surface area contributed by atoms with Crippen molar-refractivity contribution in [1.82, 2.24) is 24.8 Å². The third kappa shape index (κ3) is 3.08. The largest absolute Gasteiger partial charge is 0.338 e. The van der Waals surface area contributed by atoms with E-state index in [1.54, 1.807) is 0 Å². The normalized spacial score (nSPS) is 12.8. The molecule has 0 radical (unpaired) electrons. The van der Waals surface area contributed by atoms with Gasteiger partial charge in [-0.2, -0.15) is 5.10 Å². The second-order valence-electron chi connectivity index (χ2n) is 5.33. The van der Waals surface area contributed by atoms with Crippen LogP contribution in [0.4, 0.5) is 0 Å². The van der Waals surface area contributed by atoms with E-state index in [9.17, 15) is 0 Å². The molecule has 0 aliphatic rings. The van der Waals surface area contributed by atoms with E-state index in [2.05, 4.69) is 29.4 Å². The first-order valence-corrected chi connectivity index (χ1v) is 6.94. The van der Waals surface area contributed by atoms with Crippen LogP contribution in [-0.4, -0.2) is 25.4 Å². The predicted molar refractivity (Wildman–Crippen MR) is 79.0 cm³/mol. The lowest BCUT2D eigenvalue weighted by Crippen LogP contribution is -2.37. The summed E-state index contributed by atoms with van der Waals surface area (Å²) in [7, 11) is 3.99. The summed E-state index contributed by atoms with van der Waals surface area (Å²) in [5.74, 6) is 6.79. The number of hydrogen-bond donors (Lipinski definition) is 2. The molecule has 2 rings (SSSR count). The Morgan fingerprint density at radius 1 is 1.35 bits per heavy atom. The zero-order chi connectivity index (χ0) is 14.7. The fourth-order valence-electron chi connectivity index (χ4n) is 2.54. The molecule has 0 aliphatic carbocycles. The van der Waals surface area contributed by atoms with E-state index in [0.29, 0.717) is 0 Å². The molecule has 2 aromatic rings. The summed E-state index contributed by atoms with van der Waals surface area (Å²) in [5, 5.41) is 4.45. The first-order chi connectivity index (χ1) is 9.52. The number of hydrazine groups is 1. The van der Waals surface area contributed by atoms with Crippen molar-refractivity contribution in [1.29, 1.82) is 0 Å². The fraction of sp³-hybridized carbons (Fsp3) is 0.571. The zero-order valence-corrected chi connectivity index (χ0v) is 12.7. The van der Waals surface area contributed by atoms with E-state index < -0.39 is 0 Å². The van der Waals surface area contributed by atoms with E-state index in [0.717, 1.165) is 30.8 Å². The van der Waals surface area contributed by atoms with Crippen molar-refractivity contribution in [2.75, 3.05) is 0 Å². The molecule has 2 aromatic heterocycles. The van der Waals surface area contributed by atoms with Gasteiger partial charge in [0, 0.05) is 44.6 Å². The van der Waals surface area contributed by atoms with Crippen molar-refractivity contribution in [2.45, 2.75) is 39.2 Å². The van der Waals surface area contributed by atoms with Crippen molar-refractivity contribution in [3.8, 4) is 0 Å². The van der Waals surface area contributed by atoms with Gasteiger partial charge in [-0.05, 0) is 32.3 Å². The van der Waals surface area contributed by atoms with Crippen molar-refractivity contribution >= 4 is 0 Å². The lowest BCUT2D eigenvalue weighted by molar-refractivity contribution is 0.482. The summed E-state index contributed by atoms with van der Waals surface area (Å²) in [6.45, 7) is 4.15. The van der Waals surface area contributed by atoms with Crippen molar-refractivity contribution < 1.29 is 0 Å². The zero-order valence-electron chi connectivity index (χ0n) is 12.7. The van der Waals surface area contributed by atoms with Gasteiger partial charge in [0.2, 0.25) is 0 Å². The lowest BCUT2D eigenvalue weighted by atomic mass is 10.0. The molecular formula is C14H24N6. The Kier molecular flexibility index (Phi) is 4.57. The molecule has 0 bridgehead atoms. The highest BCUT2D eigenvalue weighted by molar-refractivity contribution is 5.25. The van der Waals surface area contributed by atoms with Crippen molar-refractivity contribution in [3.05, 3.63) is 35.2 Å². The standard InChI is InChI=1S/C14H24N6/c1-10-13(11(2)20(4)18-10)9-12(17-15)5-6-14-16-7-8-19(14)3/h7-8,12,17H,5-6,9,15H2,1-4H3. The predicted octanol–water partition coefficient (Wildman–Crippen LogP) is 0.778. The van der Waals surface area contributed by atoms with Crippen molar-refractivity contribution in [3.63, 3.8) is 0 Å². The van der Waals surface area contributed by atoms with Crippen LogP contribution >= 0.6 is 0 Å². The quantitative estimate of drug-likeness (QED) is 0.604. The van der Waals surface area contributed by atoms with Crippen LogP contribution in [0.3, 0.4) is 0 Å². The van der Waals surface area contributed by atoms with Gasteiger partial charge >= 0.3 is 0 Å². The summed E-state index contributed by atoms with van der Waals surface area (Å²) >= 11 is 0. The van der Waals surface area contributed by atoms with Crippen LogP contribution in [0.15, 0.2) is 12.4 Å². The molecule has 0 aromatic carbocycles. The van der Waals surface area contributed by atoms with Crippen molar-refractivity contribution in [2.24, 2.45) is 19.9 Å². The maximum Gasteiger partial charge on any atom is 0.108 e. The van der Waals surface area contributed by atoms with Gasteiger partial charge in [-0.25, -0.2) is 4.98 Å². The first kappa shape index (κ1) is 14.7. The fourth-order valence-corrected chi connectivity index (χ4v) is 2.54. The number of rotatable bonds is 6. The molecular weight excluding hydrogens is 252 g/mol. The van der Waals surface area contributed by atoms with Crippen LogP contribution < -0.4 is 11.3 Å². The van der Waals surface area contributed by atoms with Crippen LogP contribution in [0.25, 0.3) is 0 Å². The van der Waals surface area contributed by atoms with E-state index in [1.807, 2.05) is 35.7 Å². The maximum atomic E-state index is 5.70. The Labute approximate surface area is 120 Å². The number of nitrogens with one attached hydrogen (secondary N) is 1. The van der Waals surface area contributed by atoms with Gasteiger partial charge in [0.15, 0.2) is 0 Å². The molecule has 6 nitrogen and oxygen atoms in total. The average Bonchev–Trinajstić information content (AvgIpc) is 2.92. The van der Waals surface area contributed by atoms with Gasteiger partial charge < -0.3 is 4.57 Å². The number of nitrogens with two attached hydrogens (primary N) is 1. The van der Waals surface area contributed by atoms with E-state index >= 15 is 0 Å². The second-order valence-corrected chi connectivity index (χ2v) is 5.33. The monoisotopic (exact) mass is 276 g/mol. The van der Waals surface area contributed by atoms with E-state index in [1.165, 1.54) is 11.3 Å². The minimum atomic E-state index is 0.230. The molecule has 0 fully saturated rings. The number of aromatic nitrogens is 4. The molecule has 0 spiro atoms. The highest BCUT2D eigenvalue weighted by Crippen LogP contribution is 2.16. The van der Waals surface area contributed by atoms with E-state index in [-0.39, 0.29) is 6.04 Å². The number of imidazole rings is 1. The number of hydrogen-bond acceptors (Lipinski definition) is 4. The molecule has 2 heterocycles. The number of nitrogens with zero attached hydrogens (tertiary/aromatic N) is 4. The Morgan fingerprint density at radius 2 is 2.10 bits per heavy atom. The molecule has 20 heavy (non-hydrogen) atoms. The maximum absolute atomic E-state index is 5.70. The third-order valence-electron chi connectivity index (χ3n) is 3.98. The minimum Gasteiger partial charge on any atom is -0.338 e. The Bertz CT molecular complexity index is 568. The molecule has 3 N–H and O–H groups in total. The number of aryl methyl sites for hydroxylation is 4. The van der Waals surface area contributed by atoms with Crippen LogP contribution in [-0.2, 0) is 26.9 Å². The second kappa shape index (κ2) is 6.19. The molecule has 1 unspecified atom stereocenters. The molecule has 110 valence electrons. The molecule has 0 saturated carbocycles.